The molecule has 1 aromatic carbocycles. The van der Waals surface area contributed by atoms with E-state index in [9.17, 15) is 4.79 Å². The summed E-state index contributed by atoms with van der Waals surface area (Å²) in [5.74, 6) is 0.394. The molecule has 1 amide bonds. The highest BCUT2D eigenvalue weighted by Gasteiger charge is 2.25. The predicted molar refractivity (Wildman–Crippen MR) is 98.6 cm³/mol. The lowest BCUT2D eigenvalue weighted by molar-refractivity contribution is 0.1000. The quantitative estimate of drug-likeness (QED) is 0.784. The number of hydrogen-bond donors (Lipinski definition) is 1. The van der Waals surface area contributed by atoms with Crippen LogP contribution in [0.4, 0.5) is 0 Å². The first-order valence-electron chi connectivity index (χ1n) is 8.71. The fraction of sp³-hybridized carbons (Fsp3) is 0.450. The summed E-state index contributed by atoms with van der Waals surface area (Å²) in [7, 11) is 1.66. The monoisotopic (exact) mass is 328 g/mol. The molecule has 0 spiro atoms. The Morgan fingerprint density at radius 3 is 2.50 bits per heavy atom. The summed E-state index contributed by atoms with van der Waals surface area (Å²) in [6.07, 6.45) is 4.11. The molecule has 130 valence electrons. The van der Waals surface area contributed by atoms with Gasteiger partial charge in [0.05, 0.1) is 12.7 Å². The van der Waals surface area contributed by atoms with Crippen LogP contribution >= 0.6 is 0 Å². The molecule has 0 atom stereocenters. The van der Waals surface area contributed by atoms with Crippen molar-refractivity contribution in [3.05, 3.63) is 41.2 Å². The molecule has 0 unspecified atom stereocenters. The van der Waals surface area contributed by atoms with Crippen LogP contribution in [-0.4, -0.2) is 17.6 Å². The highest BCUT2D eigenvalue weighted by molar-refractivity contribution is 6.03. The molecule has 1 heterocycles. The van der Waals surface area contributed by atoms with Crippen molar-refractivity contribution in [1.82, 2.24) is 4.57 Å². The Hall–Kier alpha value is -2.23. The van der Waals surface area contributed by atoms with Crippen LogP contribution in [-0.2, 0) is 13.0 Å². The fourth-order valence-electron chi connectivity index (χ4n) is 3.36. The summed E-state index contributed by atoms with van der Waals surface area (Å²) in [5, 5.41) is 0. The number of para-hydroxylation sites is 1. The third-order valence-electron chi connectivity index (χ3n) is 4.48. The zero-order valence-corrected chi connectivity index (χ0v) is 15.2. The van der Waals surface area contributed by atoms with Crippen molar-refractivity contribution in [1.29, 1.82) is 0 Å². The van der Waals surface area contributed by atoms with Crippen LogP contribution in [0.5, 0.6) is 5.75 Å². The number of methoxy groups -OCH3 is 1. The van der Waals surface area contributed by atoms with Crippen molar-refractivity contribution < 1.29 is 9.53 Å². The van der Waals surface area contributed by atoms with E-state index in [-0.39, 0.29) is 5.91 Å². The molecule has 0 radical (unpaired) electrons. The molecule has 2 N–H and O–H groups in total. The first-order chi connectivity index (χ1) is 11.6. The van der Waals surface area contributed by atoms with Crippen LogP contribution in [0.2, 0.25) is 0 Å². The molecule has 2 rings (SSSR count). The smallest absolute Gasteiger partial charge is 0.251 e. The minimum absolute atomic E-state index is 0.374. The second-order valence-electron chi connectivity index (χ2n) is 6.10. The normalized spacial score (nSPS) is 10.8. The van der Waals surface area contributed by atoms with E-state index in [1.807, 2.05) is 31.2 Å². The molecule has 0 bridgehead atoms. The van der Waals surface area contributed by atoms with Gasteiger partial charge in [0.2, 0.25) is 0 Å². The molecular weight excluding hydrogens is 300 g/mol. The number of carbonyl (C=O) groups is 1. The van der Waals surface area contributed by atoms with E-state index in [2.05, 4.69) is 18.4 Å². The first-order valence-corrected chi connectivity index (χ1v) is 8.71. The van der Waals surface area contributed by atoms with Crippen LogP contribution in [0.15, 0.2) is 24.3 Å². The lowest BCUT2D eigenvalue weighted by Crippen LogP contribution is -2.13. The molecule has 4 nitrogen and oxygen atoms in total. The van der Waals surface area contributed by atoms with E-state index < -0.39 is 0 Å². The maximum atomic E-state index is 12.2. The third kappa shape index (κ3) is 3.32. The van der Waals surface area contributed by atoms with Gasteiger partial charge in [-0.1, -0.05) is 44.9 Å². The maximum absolute atomic E-state index is 12.2. The zero-order valence-electron chi connectivity index (χ0n) is 15.2. The van der Waals surface area contributed by atoms with Crippen LogP contribution < -0.4 is 10.5 Å². The number of carbonyl (C=O) groups excluding carboxylic acids is 1. The number of primary amides is 1. The summed E-state index contributed by atoms with van der Waals surface area (Å²) in [4.78, 5) is 12.2. The zero-order chi connectivity index (χ0) is 17.7. The highest BCUT2D eigenvalue weighted by Crippen LogP contribution is 2.38. The number of amides is 1. The summed E-state index contributed by atoms with van der Waals surface area (Å²) in [6, 6.07) is 7.84. The Bertz CT molecular complexity index is 717. The van der Waals surface area contributed by atoms with Gasteiger partial charge >= 0.3 is 0 Å². The molecule has 24 heavy (non-hydrogen) atoms. The van der Waals surface area contributed by atoms with Gasteiger partial charge in [-0.05, 0) is 25.8 Å². The van der Waals surface area contributed by atoms with Crippen LogP contribution in [0, 0.1) is 6.92 Å². The number of nitrogens with zero attached hydrogens (tertiary/aromatic N) is 1. The summed E-state index contributed by atoms with van der Waals surface area (Å²) < 4.78 is 7.81. The van der Waals surface area contributed by atoms with Crippen LogP contribution in [0.25, 0.3) is 11.1 Å². The number of rotatable bonds is 8. The topological polar surface area (TPSA) is 57.2 Å². The molecule has 2 aromatic rings. The van der Waals surface area contributed by atoms with Crippen molar-refractivity contribution in [3.8, 4) is 16.9 Å². The van der Waals surface area contributed by atoms with Gasteiger partial charge < -0.3 is 15.0 Å². The number of nitrogens with two attached hydrogens (primary N) is 1. The van der Waals surface area contributed by atoms with Gasteiger partial charge in [0.25, 0.3) is 5.91 Å². The maximum Gasteiger partial charge on any atom is 0.251 e. The molecule has 1 aromatic heterocycles. The van der Waals surface area contributed by atoms with E-state index in [0.29, 0.717) is 5.56 Å². The lowest BCUT2D eigenvalue weighted by atomic mass is 9.97. The molecule has 0 aliphatic carbocycles. The molecule has 0 aliphatic rings. The molecular formula is C20H28N2O2. The molecule has 0 fully saturated rings. The molecule has 4 heteroatoms. The van der Waals surface area contributed by atoms with Gasteiger partial charge in [-0.2, -0.15) is 0 Å². The number of benzene rings is 1. The standard InChI is InChI=1S/C20H28N2O2/c1-5-7-13-22-14(3)18(20(21)23)19(16(22)10-6-2)15-11-8-9-12-17(15)24-4/h8-9,11-12H,5-7,10,13H2,1-4H3,(H2,21,23). The van der Waals surface area contributed by atoms with Crippen molar-refractivity contribution in [3.63, 3.8) is 0 Å². The number of ether oxygens (including phenoxy) is 1. The molecule has 0 saturated carbocycles. The minimum atomic E-state index is -0.374. The number of aromatic nitrogens is 1. The predicted octanol–water partition coefficient (Wildman–Crippen LogP) is 4.32. The summed E-state index contributed by atoms with van der Waals surface area (Å²) in [5.41, 5.74) is 10.4. The van der Waals surface area contributed by atoms with Crippen molar-refractivity contribution in [2.45, 2.75) is 53.0 Å². The Morgan fingerprint density at radius 2 is 1.92 bits per heavy atom. The van der Waals surface area contributed by atoms with E-state index in [1.54, 1.807) is 7.11 Å². The van der Waals surface area contributed by atoms with Gasteiger partial charge in [-0.3, -0.25) is 4.79 Å². The second-order valence-corrected chi connectivity index (χ2v) is 6.10. The van der Waals surface area contributed by atoms with Gasteiger partial charge in [0.15, 0.2) is 0 Å². The molecule has 0 saturated heterocycles. The Kier molecular flexibility index (Phi) is 6.07. The second kappa shape index (κ2) is 8.04. The fourth-order valence-corrected chi connectivity index (χ4v) is 3.36. The van der Waals surface area contributed by atoms with Gasteiger partial charge in [0.1, 0.15) is 5.75 Å². The summed E-state index contributed by atoms with van der Waals surface area (Å²) >= 11 is 0. The van der Waals surface area contributed by atoms with Gasteiger partial charge in [-0.25, -0.2) is 0 Å². The summed E-state index contributed by atoms with van der Waals surface area (Å²) in [6.45, 7) is 7.23. The van der Waals surface area contributed by atoms with Crippen molar-refractivity contribution in [2.75, 3.05) is 7.11 Å². The van der Waals surface area contributed by atoms with Crippen LogP contribution in [0.1, 0.15) is 54.9 Å². The Morgan fingerprint density at radius 1 is 1.21 bits per heavy atom. The highest BCUT2D eigenvalue weighted by atomic mass is 16.5. The first kappa shape index (κ1) is 18.1. The van der Waals surface area contributed by atoms with Gasteiger partial charge in [0, 0.05) is 29.1 Å². The van der Waals surface area contributed by atoms with Crippen molar-refractivity contribution >= 4 is 5.91 Å². The number of hydrogen-bond acceptors (Lipinski definition) is 2. The van der Waals surface area contributed by atoms with Crippen molar-refractivity contribution in [2.24, 2.45) is 5.73 Å². The third-order valence-corrected chi connectivity index (χ3v) is 4.48. The Balaban J connectivity index is 2.78. The average molecular weight is 328 g/mol. The minimum Gasteiger partial charge on any atom is -0.496 e. The van der Waals surface area contributed by atoms with E-state index >= 15 is 0 Å². The van der Waals surface area contributed by atoms with E-state index in [4.69, 9.17) is 10.5 Å². The van der Waals surface area contributed by atoms with E-state index in [1.165, 1.54) is 5.69 Å². The lowest BCUT2D eigenvalue weighted by Gasteiger charge is -2.14. The largest absolute Gasteiger partial charge is 0.496 e. The van der Waals surface area contributed by atoms with Crippen LogP contribution in [0.3, 0.4) is 0 Å². The SMILES string of the molecule is CCCCn1c(C)c(C(N)=O)c(-c2ccccc2OC)c1CCC. The van der Waals surface area contributed by atoms with Gasteiger partial charge in [-0.15, -0.1) is 0 Å². The average Bonchev–Trinajstić information content (AvgIpc) is 2.85. The van der Waals surface area contributed by atoms with E-state index in [0.717, 1.165) is 54.8 Å². The Labute approximate surface area is 144 Å². The molecule has 0 aliphatic heterocycles. The number of unbranched alkanes of at least 4 members (excludes halogenated alkanes) is 1.